The summed E-state index contributed by atoms with van der Waals surface area (Å²) in [6.07, 6.45) is 1.49. The summed E-state index contributed by atoms with van der Waals surface area (Å²) in [4.78, 5) is 17.8. The molecule has 0 amide bonds. The van der Waals surface area contributed by atoms with Crippen molar-refractivity contribution < 1.29 is 17.8 Å². The largest absolute Gasteiger partial charge is 0.304 e. The Labute approximate surface area is 141 Å². The van der Waals surface area contributed by atoms with Crippen LogP contribution in [0.4, 0.5) is 0 Å². The molecule has 0 saturated carbocycles. The summed E-state index contributed by atoms with van der Waals surface area (Å²) in [7, 11) is -4.22. The number of hydrogen-bond donors (Lipinski definition) is 1. The quantitative estimate of drug-likeness (QED) is 0.563. The Balaban J connectivity index is 1.93. The topological polar surface area (TPSA) is 84.3 Å². The molecule has 2 aromatic heterocycles. The molecular formula is C15H11NO4S3. The van der Waals surface area contributed by atoms with E-state index in [0.717, 1.165) is 16.9 Å². The average molecular weight is 365 g/mol. The van der Waals surface area contributed by atoms with Crippen molar-refractivity contribution in [3.63, 3.8) is 0 Å². The lowest BCUT2D eigenvalue weighted by Crippen LogP contribution is -2.00. The van der Waals surface area contributed by atoms with Gasteiger partial charge >= 0.3 is 10.1 Å². The molecule has 1 aromatic carbocycles. The molecule has 5 nitrogen and oxygen atoms in total. The zero-order chi connectivity index (χ0) is 16.6. The van der Waals surface area contributed by atoms with Gasteiger partial charge in [0.05, 0.1) is 9.75 Å². The number of hydrogen-bond acceptors (Lipinski definition) is 6. The molecule has 0 radical (unpaired) electrons. The van der Waals surface area contributed by atoms with Crippen molar-refractivity contribution in [2.75, 3.05) is 0 Å². The monoisotopic (exact) mass is 365 g/mol. The first-order valence-corrected chi connectivity index (χ1v) is 9.57. The number of aromatic nitrogens is 1. The molecule has 23 heavy (non-hydrogen) atoms. The number of rotatable bonds is 4. The predicted molar refractivity (Wildman–Crippen MR) is 89.9 cm³/mol. The third-order valence-corrected chi connectivity index (χ3v) is 6.74. The molecule has 3 aromatic rings. The molecule has 8 heteroatoms. The third kappa shape index (κ3) is 3.25. The van der Waals surface area contributed by atoms with Crippen LogP contribution in [0.25, 0.3) is 9.88 Å². The lowest BCUT2D eigenvalue weighted by molar-refractivity contribution is 0.104. The van der Waals surface area contributed by atoms with Crippen LogP contribution in [-0.4, -0.2) is 23.7 Å². The van der Waals surface area contributed by atoms with Gasteiger partial charge in [-0.25, -0.2) is 4.98 Å². The summed E-state index contributed by atoms with van der Waals surface area (Å²) < 4.78 is 31.1. The van der Waals surface area contributed by atoms with Crippen LogP contribution in [-0.2, 0) is 10.1 Å². The predicted octanol–water partition coefficient (Wildman–Crippen LogP) is 3.66. The fraction of sp³-hybridized carbons (Fsp3) is 0.0667. The molecule has 0 aliphatic carbocycles. The lowest BCUT2D eigenvalue weighted by Gasteiger charge is -2.01. The molecule has 0 atom stereocenters. The molecule has 0 fully saturated rings. The van der Waals surface area contributed by atoms with Crippen LogP contribution in [0.5, 0.6) is 0 Å². The van der Waals surface area contributed by atoms with Crippen molar-refractivity contribution in [1.29, 1.82) is 0 Å². The zero-order valence-corrected chi connectivity index (χ0v) is 14.3. The third-order valence-electron chi connectivity index (χ3n) is 3.17. The summed E-state index contributed by atoms with van der Waals surface area (Å²) in [5, 5.41) is 0.543. The molecule has 0 spiro atoms. The van der Waals surface area contributed by atoms with Gasteiger partial charge in [-0.2, -0.15) is 8.42 Å². The highest BCUT2D eigenvalue weighted by Gasteiger charge is 2.18. The summed E-state index contributed by atoms with van der Waals surface area (Å²) in [5.74, 6) is -0.113. The van der Waals surface area contributed by atoms with Gasteiger partial charge in [-0.3, -0.25) is 9.35 Å². The summed E-state index contributed by atoms with van der Waals surface area (Å²) >= 11 is 2.11. The second-order valence-electron chi connectivity index (χ2n) is 4.77. The van der Waals surface area contributed by atoms with Crippen LogP contribution in [0.15, 0.2) is 46.8 Å². The van der Waals surface area contributed by atoms with E-state index in [-0.39, 0.29) is 9.99 Å². The highest BCUT2D eigenvalue weighted by molar-refractivity contribution is 7.88. The van der Waals surface area contributed by atoms with E-state index < -0.39 is 10.1 Å². The van der Waals surface area contributed by atoms with E-state index in [2.05, 4.69) is 4.98 Å². The van der Waals surface area contributed by atoms with E-state index in [0.29, 0.717) is 20.3 Å². The van der Waals surface area contributed by atoms with E-state index in [9.17, 15) is 13.2 Å². The van der Waals surface area contributed by atoms with Gasteiger partial charge in [-0.05, 0) is 24.6 Å². The van der Waals surface area contributed by atoms with Crippen molar-refractivity contribution in [3.8, 4) is 9.88 Å². The summed E-state index contributed by atoms with van der Waals surface area (Å²) in [6.45, 7) is 1.87. The maximum absolute atomic E-state index is 12.5. The van der Waals surface area contributed by atoms with E-state index in [1.54, 1.807) is 18.2 Å². The minimum Gasteiger partial charge on any atom is -0.288 e. The summed E-state index contributed by atoms with van der Waals surface area (Å²) in [5.41, 5.74) is 1.50. The van der Waals surface area contributed by atoms with Gasteiger partial charge < -0.3 is 0 Å². The number of carbonyl (C=O) groups is 1. The van der Waals surface area contributed by atoms with Crippen molar-refractivity contribution in [2.45, 2.75) is 11.1 Å². The Kier molecular flexibility index (Phi) is 4.15. The molecule has 3 rings (SSSR count). The molecule has 0 bridgehead atoms. The zero-order valence-electron chi connectivity index (χ0n) is 11.9. The van der Waals surface area contributed by atoms with Crippen molar-refractivity contribution >= 4 is 38.6 Å². The first-order chi connectivity index (χ1) is 10.9. The summed E-state index contributed by atoms with van der Waals surface area (Å²) in [6, 6.07) is 10.2. The Bertz CT molecular complexity index is 986. The number of benzene rings is 1. The fourth-order valence-corrected chi connectivity index (χ4v) is 4.63. The number of nitrogens with zero attached hydrogens (tertiary/aromatic N) is 1. The van der Waals surface area contributed by atoms with Gasteiger partial charge in [0.1, 0.15) is 9.22 Å². The minimum atomic E-state index is -4.22. The molecular weight excluding hydrogens is 354 g/mol. The highest BCUT2D eigenvalue weighted by atomic mass is 32.3. The molecule has 1 N–H and O–H groups in total. The van der Waals surface area contributed by atoms with Gasteiger partial charge in [-0.15, -0.1) is 22.7 Å². The number of thiophene rings is 1. The fourth-order valence-electron chi connectivity index (χ4n) is 2.03. The molecule has 0 saturated heterocycles. The first-order valence-electron chi connectivity index (χ1n) is 6.50. The maximum Gasteiger partial charge on any atom is 0.304 e. The number of ketones is 1. The SMILES string of the molecule is Cc1ccccc1C(=O)c1cnc(-c2ccc(S(=O)(=O)O)s2)s1. The van der Waals surface area contributed by atoms with Crippen LogP contribution >= 0.6 is 22.7 Å². The standard InChI is InChI=1S/C15H11NO4S3/c1-9-4-2-3-5-10(9)14(17)12-8-16-15(22-12)11-6-7-13(21-11)23(18,19)20/h2-8H,1H3,(H,18,19,20). The average Bonchev–Trinajstić information content (AvgIpc) is 3.15. The van der Waals surface area contributed by atoms with Crippen molar-refractivity contribution in [3.05, 3.63) is 58.6 Å². The molecule has 2 heterocycles. The van der Waals surface area contributed by atoms with Crippen molar-refractivity contribution in [2.24, 2.45) is 0 Å². The second kappa shape index (κ2) is 5.97. The second-order valence-corrected chi connectivity index (χ2v) is 8.53. The minimum absolute atomic E-state index is 0.113. The van der Waals surface area contributed by atoms with Crippen LogP contribution in [0.1, 0.15) is 20.8 Å². The molecule has 118 valence electrons. The van der Waals surface area contributed by atoms with E-state index >= 15 is 0 Å². The smallest absolute Gasteiger partial charge is 0.288 e. The number of aryl methyl sites for hydroxylation is 1. The van der Waals surface area contributed by atoms with Crippen LogP contribution in [0, 0.1) is 6.92 Å². The van der Waals surface area contributed by atoms with Gasteiger partial charge in [0, 0.05) is 11.8 Å². The Hall–Kier alpha value is -1.87. The maximum atomic E-state index is 12.5. The van der Waals surface area contributed by atoms with Crippen LogP contribution in [0.3, 0.4) is 0 Å². The number of carbonyl (C=O) groups excluding carboxylic acids is 1. The van der Waals surface area contributed by atoms with Gasteiger partial charge in [0.15, 0.2) is 0 Å². The Morgan fingerprint density at radius 1 is 1.13 bits per heavy atom. The lowest BCUT2D eigenvalue weighted by atomic mass is 10.0. The highest BCUT2D eigenvalue weighted by Crippen LogP contribution is 2.34. The van der Waals surface area contributed by atoms with Crippen molar-refractivity contribution in [1.82, 2.24) is 4.98 Å². The van der Waals surface area contributed by atoms with Gasteiger partial charge in [-0.1, -0.05) is 24.3 Å². The van der Waals surface area contributed by atoms with Gasteiger partial charge in [0.25, 0.3) is 0 Å². The first kappa shape index (κ1) is 16.0. The number of thiazole rings is 1. The van der Waals surface area contributed by atoms with E-state index in [1.807, 2.05) is 19.1 Å². The Morgan fingerprint density at radius 2 is 1.87 bits per heavy atom. The van der Waals surface area contributed by atoms with E-state index in [1.165, 1.54) is 23.6 Å². The van der Waals surface area contributed by atoms with Crippen LogP contribution < -0.4 is 0 Å². The van der Waals surface area contributed by atoms with E-state index in [4.69, 9.17) is 4.55 Å². The van der Waals surface area contributed by atoms with Gasteiger partial charge in [0.2, 0.25) is 5.78 Å². The van der Waals surface area contributed by atoms with Crippen LogP contribution in [0.2, 0.25) is 0 Å². The normalized spacial score (nSPS) is 11.6. The molecule has 0 aliphatic rings. The Morgan fingerprint density at radius 3 is 2.52 bits per heavy atom. The molecule has 0 aliphatic heterocycles. The molecule has 0 unspecified atom stereocenters.